The van der Waals surface area contributed by atoms with Gasteiger partial charge in [-0.1, -0.05) is 30.3 Å². The molecule has 1 rings (SSSR count). The van der Waals surface area contributed by atoms with Crippen molar-refractivity contribution in [3.63, 3.8) is 0 Å². The molecule has 0 fully saturated rings. The number of nitrogens with one attached hydrogen (secondary N) is 1. The molecule has 102 valence electrons. The van der Waals surface area contributed by atoms with Crippen LogP contribution in [0.5, 0.6) is 0 Å². The maximum absolute atomic E-state index is 12.2. The molecule has 0 amide bonds. The monoisotopic (exact) mass is 281 g/mol. The van der Waals surface area contributed by atoms with Crippen molar-refractivity contribution in [3.8, 4) is 0 Å². The fourth-order valence-electron chi connectivity index (χ4n) is 1.50. The summed E-state index contributed by atoms with van der Waals surface area (Å²) in [6.45, 7) is -1.22. The Morgan fingerprint density at radius 3 is 2.22 bits per heavy atom. The van der Waals surface area contributed by atoms with Crippen molar-refractivity contribution in [1.29, 1.82) is 0 Å². The largest absolute Gasteiger partial charge is 0.401 e. The van der Waals surface area contributed by atoms with Gasteiger partial charge in [0, 0.05) is 12.3 Å². The van der Waals surface area contributed by atoms with Crippen molar-refractivity contribution in [2.45, 2.75) is 12.2 Å². The molecule has 0 bridgehead atoms. The zero-order valence-electron chi connectivity index (χ0n) is 9.74. The maximum atomic E-state index is 12.2. The Kier molecular flexibility index (Phi) is 4.75. The topological polar surface area (TPSA) is 46.2 Å². The molecule has 0 aromatic heterocycles. The number of halogens is 3. The second-order valence-electron chi connectivity index (χ2n) is 4.05. The summed E-state index contributed by atoms with van der Waals surface area (Å²) in [5.74, 6) is -0.368. The number of rotatable bonds is 5. The third-order valence-electron chi connectivity index (χ3n) is 2.22. The molecular weight excluding hydrogens is 267 g/mol. The molecule has 0 radical (unpaired) electrons. The van der Waals surface area contributed by atoms with Crippen LogP contribution in [-0.2, 0) is 9.84 Å². The number of sulfone groups is 1. The van der Waals surface area contributed by atoms with E-state index >= 15 is 0 Å². The molecule has 7 heteroatoms. The second kappa shape index (κ2) is 5.71. The highest BCUT2D eigenvalue weighted by molar-refractivity contribution is 7.90. The summed E-state index contributed by atoms with van der Waals surface area (Å²) in [6.07, 6.45) is -3.37. The van der Waals surface area contributed by atoms with Crippen molar-refractivity contribution in [2.75, 3.05) is 18.6 Å². The number of hydrogen-bond acceptors (Lipinski definition) is 3. The zero-order valence-corrected chi connectivity index (χ0v) is 10.6. The first-order chi connectivity index (χ1) is 8.17. The van der Waals surface area contributed by atoms with Crippen LogP contribution in [-0.4, -0.2) is 33.1 Å². The van der Waals surface area contributed by atoms with Crippen LogP contribution in [0.3, 0.4) is 0 Å². The Labute approximate surface area is 104 Å². The molecule has 0 heterocycles. The molecule has 0 aliphatic heterocycles. The lowest BCUT2D eigenvalue weighted by atomic mass is 10.1. The quantitative estimate of drug-likeness (QED) is 0.897. The molecule has 1 aromatic carbocycles. The lowest BCUT2D eigenvalue weighted by Gasteiger charge is -2.19. The van der Waals surface area contributed by atoms with Gasteiger partial charge in [-0.3, -0.25) is 0 Å². The molecule has 1 N–H and O–H groups in total. The van der Waals surface area contributed by atoms with E-state index in [2.05, 4.69) is 5.32 Å². The molecule has 1 aromatic rings. The fraction of sp³-hybridized carbons (Fsp3) is 0.455. The molecule has 3 nitrogen and oxygen atoms in total. The van der Waals surface area contributed by atoms with E-state index in [1.165, 1.54) is 0 Å². The zero-order chi connectivity index (χ0) is 13.8. The SMILES string of the molecule is CS(=O)(=O)C[C@H](NCC(F)(F)F)c1ccccc1. The minimum atomic E-state index is -4.37. The van der Waals surface area contributed by atoms with E-state index in [1.54, 1.807) is 30.3 Å². The smallest absolute Gasteiger partial charge is 0.301 e. The van der Waals surface area contributed by atoms with Gasteiger partial charge in [-0.2, -0.15) is 13.2 Å². The fourth-order valence-corrected chi connectivity index (χ4v) is 2.42. The third-order valence-corrected chi connectivity index (χ3v) is 3.16. The van der Waals surface area contributed by atoms with Crippen LogP contribution in [0.25, 0.3) is 0 Å². The van der Waals surface area contributed by atoms with Gasteiger partial charge in [-0.05, 0) is 5.56 Å². The number of hydrogen-bond donors (Lipinski definition) is 1. The Morgan fingerprint density at radius 2 is 1.78 bits per heavy atom. The highest BCUT2D eigenvalue weighted by atomic mass is 32.2. The van der Waals surface area contributed by atoms with Gasteiger partial charge in [0.2, 0.25) is 0 Å². The maximum Gasteiger partial charge on any atom is 0.401 e. The first kappa shape index (κ1) is 15.0. The van der Waals surface area contributed by atoms with Crippen molar-refractivity contribution >= 4 is 9.84 Å². The first-order valence-electron chi connectivity index (χ1n) is 5.20. The van der Waals surface area contributed by atoms with E-state index in [9.17, 15) is 21.6 Å². The second-order valence-corrected chi connectivity index (χ2v) is 6.24. The molecule has 0 aliphatic rings. The van der Waals surface area contributed by atoms with Crippen LogP contribution in [0.2, 0.25) is 0 Å². The third kappa shape index (κ3) is 6.02. The van der Waals surface area contributed by atoms with E-state index in [1.807, 2.05) is 0 Å². The average Bonchev–Trinajstić information content (AvgIpc) is 2.23. The van der Waals surface area contributed by atoms with Gasteiger partial charge in [0.05, 0.1) is 12.3 Å². The van der Waals surface area contributed by atoms with E-state index in [-0.39, 0.29) is 5.75 Å². The Hall–Kier alpha value is -1.08. The van der Waals surface area contributed by atoms with Crippen LogP contribution in [0.4, 0.5) is 13.2 Å². The van der Waals surface area contributed by atoms with Crippen LogP contribution in [0, 0.1) is 0 Å². The van der Waals surface area contributed by atoms with Crippen molar-refractivity contribution in [2.24, 2.45) is 0 Å². The van der Waals surface area contributed by atoms with Crippen molar-refractivity contribution in [3.05, 3.63) is 35.9 Å². The molecule has 1 atom stereocenters. The van der Waals surface area contributed by atoms with Gasteiger partial charge < -0.3 is 5.32 Å². The van der Waals surface area contributed by atoms with Gasteiger partial charge in [0.25, 0.3) is 0 Å². The van der Waals surface area contributed by atoms with Crippen LogP contribution >= 0.6 is 0 Å². The minimum Gasteiger partial charge on any atom is -0.301 e. The molecule has 0 aliphatic carbocycles. The predicted octanol–water partition coefficient (Wildman–Crippen LogP) is 1.92. The number of benzene rings is 1. The van der Waals surface area contributed by atoms with Gasteiger partial charge in [-0.25, -0.2) is 8.42 Å². The summed E-state index contributed by atoms with van der Waals surface area (Å²) < 4.78 is 58.9. The molecule has 0 spiro atoms. The van der Waals surface area contributed by atoms with Crippen LogP contribution in [0.15, 0.2) is 30.3 Å². The van der Waals surface area contributed by atoms with Gasteiger partial charge >= 0.3 is 6.18 Å². The Morgan fingerprint density at radius 1 is 1.22 bits per heavy atom. The molecule has 18 heavy (non-hydrogen) atoms. The summed E-state index contributed by atoms with van der Waals surface area (Å²) in [5.41, 5.74) is 0.521. The van der Waals surface area contributed by atoms with Crippen molar-refractivity contribution in [1.82, 2.24) is 5.32 Å². The highest BCUT2D eigenvalue weighted by Crippen LogP contribution is 2.18. The lowest BCUT2D eigenvalue weighted by molar-refractivity contribution is -0.126. The summed E-state index contributed by atoms with van der Waals surface area (Å²) in [4.78, 5) is 0. The minimum absolute atomic E-state index is 0.368. The first-order valence-corrected chi connectivity index (χ1v) is 7.26. The summed E-state index contributed by atoms with van der Waals surface area (Å²) in [6, 6.07) is 7.35. The summed E-state index contributed by atoms with van der Waals surface area (Å²) in [7, 11) is -3.37. The predicted molar refractivity (Wildman–Crippen MR) is 63.0 cm³/mol. The Balaban J connectivity index is 2.83. The molecule has 0 saturated heterocycles. The highest BCUT2D eigenvalue weighted by Gasteiger charge is 2.29. The average molecular weight is 281 g/mol. The van der Waals surface area contributed by atoms with Gasteiger partial charge in [-0.15, -0.1) is 0 Å². The van der Waals surface area contributed by atoms with E-state index < -0.39 is 28.6 Å². The van der Waals surface area contributed by atoms with Crippen molar-refractivity contribution < 1.29 is 21.6 Å². The molecular formula is C11H14F3NO2S. The van der Waals surface area contributed by atoms with E-state index in [0.717, 1.165) is 6.26 Å². The standard InChI is InChI=1S/C11H14F3NO2S/c1-18(16,17)7-10(15-8-11(12,13)14)9-5-3-2-4-6-9/h2-6,10,15H,7-8H2,1H3/t10-/m0/s1. The van der Waals surface area contributed by atoms with Crippen LogP contribution in [0.1, 0.15) is 11.6 Å². The Bertz CT molecular complexity index is 471. The summed E-state index contributed by atoms with van der Waals surface area (Å²) >= 11 is 0. The summed E-state index contributed by atoms with van der Waals surface area (Å²) in [5, 5.41) is 2.23. The lowest BCUT2D eigenvalue weighted by Crippen LogP contribution is -2.35. The van der Waals surface area contributed by atoms with E-state index in [4.69, 9.17) is 0 Å². The molecule has 0 saturated carbocycles. The van der Waals surface area contributed by atoms with Gasteiger partial charge in [0.1, 0.15) is 9.84 Å². The normalized spacial score (nSPS) is 14.4. The van der Waals surface area contributed by atoms with E-state index in [0.29, 0.717) is 5.56 Å². The number of alkyl halides is 3. The van der Waals surface area contributed by atoms with Crippen LogP contribution < -0.4 is 5.32 Å². The van der Waals surface area contributed by atoms with Gasteiger partial charge in [0.15, 0.2) is 0 Å². The molecule has 0 unspecified atom stereocenters.